The normalized spacial score (nSPS) is 11.9. The summed E-state index contributed by atoms with van der Waals surface area (Å²) in [6, 6.07) is 14.3. The van der Waals surface area contributed by atoms with Crippen molar-refractivity contribution in [2.45, 2.75) is 33.2 Å². The molecule has 1 heterocycles. The Kier molecular flexibility index (Phi) is 6.67. The van der Waals surface area contributed by atoms with E-state index in [1.807, 2.05) is 81.0 Å². The molecular formula is C24H28N4O2. The molecule has 0 aliphatic rings. The number of carbonyl (C=O) groups excluding carboxylic acids is 2. The van der Waals surface area contributed by atoms with Crippen molar-refractivity contribution < 1.29 is 9.59 Å². The highest BCUT2D eigenvalue weighted by Gasteiger charge is 2.23. The lowest BCUT2D eigenvalue weighted by Gasteiger charge is -2.21. The molecule has 0 spiro atoms. The van der Waals surface area contributed by atoms with Crippen LogP contribution in [0.2, 0.25) is 0 Å². The van der Waals surface area contributed by atoms with E-state index < -0.39 is 6.04 Å². The van der Waals surface area contributed by atoms with Crippen LogP contribution in [0.1, 0.15) is 36.2 Å². The standard InChI is InChI=1S/C24H28N4O2/c1-16(2)14-21(27-23(29)20-11-6-5-8-17(20)3)24(30)26-19-10-7-9-18(15-19)22-25-12-13-28(22)4/h5-13,15-16,21H,14H2,1-4H3,(H,26,30)(H,27,29). The molecule has 2 N–H and O–H groups in total. The molecule has 0 bridgehead atoms. The van der Waals surface area contributed by atoms with Crippen molar-refractivity contribution in [1.82, 2.24) is 14.9 Å². The van der Waals surface area contributed by atoms with Crippen LogP contribution >= 0.6 is 0 Å². The number of amides is 2. The van der Waals surface area contributed by atoms with Crippen molar-refractivity contribution in [3.63, 3.8) is 0 Å². The van der Waals surface area contributed by atoms with Gasteiger partial charge in [-0.1, -0.05) is 44.2 Å². The Morgan fingerprint density at radius 2 is 1.87 bits per heavy atom. The van der Waals surface area contributed by atoms with E-state index in [9.17, 15) is 9.59 Å². The molecule has 0 saturated carbocycles. The topological polar surface area (TPSA) is 76.0 Å². The van der Waals surface area contributed by atoms with Crippen LogP contribution in [0.3, 0.4) is 0 Å². The number of imidazole rings is 1. The summed E-state index contributed by atoms with van der Waals surface area (Å²) in [6.45, 7) is 5.94. The molecule has 6 nitrogen and oxygen atoms in total. The monoisotopic (exact) mass is 404 g/mol. The van der Waals surface area contributed by atoms with E-state index in [-0.39, 0.29) is 17.7 Å². The molecule has 0 fully saturated rings. The summed E-state index contributed by atoms with van der Waals surface area (Å²) in [6.07, 6.45) is 4.16. The van der Waals surface area contributed by atoms with E-state index in [1.54, 1.807) is 12.3 Å². The minimum Gasteiger partial charge on any atom is -0.340 e. The van der Waals surface area contributed by atoms with Gasteiger partial charge in [0.25, 0.3) is 5.91 Å². The van der Waals surface area contributed by atoms with Crippen LogP contribution in [-0.2, 0) is 11.8 Å². The van der Waals surface area contributed by atoms with Gasteiger partial charge in [-0.15, -0.1) is 0 Å². The molecule has 3 aromatic rings. The largest absolute Gasteiger partial charge is 0.340 e. The molecule has 6 heteroatoms. The van der Waals surface area contributed by atoms with E-state index in [0.29, 0.717) is 17.7 Å². The fourth-order valence-corrected chi connectivity index (χ4v) is 3.38. The molecule has 1 aromatic heterocycles. The van der Waals surface area contributed by atoms with Gasteiger partial charge in [-0.25, -0.2) is 4.98 Å². The molecular weight excluding hydrogens is 376 g/mol. The predicted molar refractivity (Wildman–Crippen MR) is 119 cm³/mol. The van der Waals surface area contributed by atoms with Crippen LogP contribution in [0, 0.1) is 12.8 Å². The summed E-state index contributed by atoms with van der Waals surface area (Å²) in [7, 11) is 1.92. The Balaban J connectivity index is 1.77. The van der Waals surface area contributed by atoms with Crippen LogP contribution in [0.5, 0.6) is 0 Å². The SMILES string of the molecule is Cc1ccccc1C(=O)NC(CC(C)C)C(=O)Nc1cccc(-c2nccn2C)c1. The van der Waals surface area contributed by atoms with Gasteiger partial charge in [-0.05, 0) is 43.0 Å². The summed E-state index contributed by atoms with van der Waals surface area (Å²) >= 11 is 0. The summed E-state index contributed by atoms with van der Waals surface area (Å²) in [5.41, 5.74) is 3.03. The number of hydrogen-bond donors (Lipinski definition) is 2. The van der Waals surface area contributed by atoms with Crippen molar-refractivity contribution in [3.05, 3.63) is 72.1 Å². The molecule has 2 amide bonds. The van der Waals surface area contributed by atoms with Crippen molar-refractivity contribution >= 4 is 17.5 Å². The summed E-state index contributed by atoms with van der Waals surface area (Å²) in [4.78, 5) is 30.1. The summed E-state index contributed by atoms with van der Waals surface area (Å²) in [5.74, 6) is 0.591. The van der Waals surface area contributed by atoms with Gasteiger partial charge in [0.15, 0.2) is 0 Å². The van der Waals surface area contributed by atoms with Gasteiger partial charge >= 0.3 is 0 Å². The first-order valence-corrected chi connectivity index (χ1v) is 10.1. The lowest BCUT2D eigenvalue weighted by Crippen LogP contribution is -2.44. The number of hydrogen-bond acceptors (Lipinski definition) is 3. The third kappa shape index (κ3) is 5.14. The molecule has 2 aromatic carbocycles. The van der Waals surface area contributed by atoms with Crippen LogP contribution < -0.4 is 10.6 Å². The van der Waals surface area contributed by atoms with Crippen LogP contribution in [0.15, 0.2) is 60.9 Å². The number of aromatic nitrogens is 2. The molecule has 3 rings (SSSR count). The van der Waals surface area contributed by atoms with Gasteiger partial charge in [-0.3, -0.25) is 9.59 Å². The minimum atomic E-state index is -0.631. The molecule has 0 radical (unpaired) electrons. The minimum absolute atomic E-state index is 0.234. The quantitative estimate of drug-likeness (QED) is 0.620. The Morgan fingerprint density at radius 3 is 2.53 bits per heavy atom. The molecule has 1 atom stereocenters. The third-order valence-electron chi connectivity index (χ3n) is 4.93. The molecule has 0 aliphatic heterocycles. The molecule has 0 aliphatic carbocycles. The smallest absolute Gasteiger partial charge is 0.252 e. The average Bonchev–Trinajstić information content (AvgIpc) is 3.13. The van der Waals surface area contributed by atoms with Crippen LogP contribution in [0.4, 0.5) is 5.69 Å². The summed E-state index contributed by atoms with van der Waals surface area (Å²) in [5, 5.41) is 5.86. The number of rotatable bonds is 7. The van der Waals surface area contributed by atoms with Gasteiger partial charge in [-0.2, -0.15) is 0 Å². The molecule has 1 unspecified atom stereocenters. The number of carbonyl (C=O) groups is 2. The van der Waals surface area contributed by atoms with Gasteiger partial charge in [0.05, 0.1) is 0 Å². The Bertz CT molecular complexity index is 1040. The highest BCUT2D eigenvalue weighted by Crippen LogP contribution is 2.21. The van der Waals surface area contributed by atoms with Crippen molar-refractivity contribution in [2.75, 3.05) is 5.32 Å². The van der Waals surface area contributed by atoms with Crippen molar-refractivity contribution in [1.29, 1.82) is 0 Å². The van der Waals surface area contributed by atoms with Crippen molar-refractivity contribution in [2.24, 2.45) is 13.0 Å². The number of aryl methyl sites for hydroxylation is 2. The lowest BCUT2D eigenvalue weighted by molar-refractivity contribution is -0.118. The molecule has 30 heavy (non-hydrogen) atoms. The van der Waals surface area contributed by atoms with Gasteiger partial charge < -0.3 is 15.2 Å². The number of nitrogens with zero attached hydrogens (tertiary/aromatic N) is 2. The highest BCUT2D eigenvalue weighted by atomic mass is 16.2. The Labute approximate surface area is 177 Å². The maximum Gasteiger partial charge on any atom is 0.252 e. The van der Waals surface area contributed by atoms with Gasteiger partial charge in [0, 0.05) is 36.3 Å². The zero-order valence-electron chi connectivity index (χ0n) is 17.8. The lowest BCUT2D eigenvalue weighted by atomic mass is 10.0. The van der Waals surface area contributed by atoms with E-state index in [0.717, 1.165) is 17.0 Å². The van der Waals surface area contributed by atoms with E-state index >= 15 is 0 Å². The Hall–Kier alpha value is -3.41. The molecule has 0 saturated heterocycles. The second-order valence-corrected chi connectivity index (χ2v) is 7.90. The zero-order chi connectivity index (χ0) is 21.7. The summed E-state index contributed by atoms with van der Waals surface area (Å²) < 4.78 is 1.92. The van der Waals surface area contributed by atoms with E-state index in [1.165, 1.54) is 0 Å². The predicted octanol–water partition coefficient (Wildman–Crippen LogP) is 4.18. The zero-order valence-corrected chi connectivity index (χ0v) is 17.8. The van der Waals surface area contributed by atoms with Crippen LogP contribution in [-0.4, -0.2) is 27.4 Å². The highest BCUT2D eigenvalue weighted by molar-refractivity contribution is 6.02. The first-order valence-electron chi connectivity index (χ1n) is 10.1. The fraction of sp³-hybridized carbons (Fsp3) is 0.292. The fourth-order valence-electron chi connectivity index (χ4n) is 3.38. The van der Waals surface area contributed by atoms with Crippen molar-refractivity contribution in [3.8, 4) is 11.4 Å². The van der Waals surface area contributed by atoms with E-state index in [2.05, 4.69) is 15.6 Å². The number of nitrogens with one attached hydrogen (secondary N) is 2. The maximum atomic E-state index is 13.0. The van der Waals surface area contributed by atoms with Gasteiger partial charge in [0.1, 0.15) is 11.9 Å². The molecule has 156 valence electrons. The van der Waals surface area contributed by atoms with E-state index in [4.69, 9.17) is 0 Å². The second kappa shape index (κ2) is 9.39. The third-order valence-corrected chi connectivity index (χ3v) is 4.93. The number of benzene rings is 2. The first kappa shape index (κ1) is 21.3. The number of anilines is 1. The Morgan fingerprint density at radius 1 is 1.10 bits per heavy atom. The first-order chi connectivity index (χ1) is 14.3. The second-order valence-electron chi connectivity index (χ2n) is 7.90. The van der Waals surface area contributed by atoms with Crippen LogP contribution in [0.25, 0.3) is 11.4 Å². The van der Waals surface area contributed by atoms with Gasteiger partial charge in [0.2, 0.25) is 5.91 Å². The average molecular weight is 405 g/mol. The maximum absolute atomic E-state index is 13.0.